The van der Waals surface area contributed by atoms with E-state index in [-0.39, 0.29) is 29.5 Å². The van der Waals surface area contributed by atoms with Crippen LogP contribution in [0.1, 0.15) is 52.6 Å². The van der Waals surface area contributed by atoms with Crippen molar-refractivity contribution in [2.45, 2.75) is 52.4 Å². The molecule has 10 heteroatoms. The van der Waals surface area contributed by atoms with Gasteiger partial charge in [0.05, 0.1) is 12.5 Å². The molecule has 3 heterocycles. The zero-order chi connectivity index (χ0) is 27.8. The number of aryl methyl sites for hydroxylation is 1. The summed E-state index contributed by atoms with van der Waals surface area (Å²) >= 11 is 0. The Balaban J connectivity index is 1.49. The van der Waals surface area contributed by atoms with Crippen molar-refractivity contribution in [1.82, 2.24) is 13.8 Å². The molecule has 0 N–H and O–H groups in total. The van der Waals surface area contributed by atoms with Crippen molar-refractivity contribution in [1.29, 1.82) is 0 Å². The third kappa shape index (κ3) is 5.08. The predicted octanol–water partition coefficient (Wildman–Crippen LogP) is 3.18. The van der Waals surface area contributed by atoms with Gasteiger partial charge < -0.3 is 19.1 Å². The average Bonchev–Trinajstić information content (AvgIpc) is 3.14. The van der Waals surface area contributed by atoms with Gasteiger partial charge in [0, 0.05) is 63.4 Å². The number of rotatable bonds is 6. The third-order valence-electron chi connectivity index (χ3n) is 8.24. The van der Waals surface area contributed by atoms with Gasteiger partial charge in [0.2, 0.25) is 15.9 Å². The summed E-state index contributed by atoms with van der Waals surface area (Å²) in [5, 5.41) is 0. The predicted molar refractivity (Wildman–Crippen MR) is 147 cm³/mol. The molecule has 1 amide bonds. The molecule has 0 bridgehead atoms. The number of hydrogen-bond acceptors (Lipinski definition) is 6. The molecule has 2 aliphatic rings. The van der Waals surface area contributed by atoms with Gasteiger partial charge in [-0.3, -0.25) is 4.79 Å². The van der Waals surface area contributed by atoms with E-state index in [1.807, 2.05) is 4.90 Å². The number of benzene rings is 1. The number of anilines is 1. The molecule has 0 unspecified atom stereocenters. The molecular formula is C28H40N4O5S. The van der Waals surface area contributed by atoms with Crippen molar-refractivity contribution in [3.8, 4) is 0 Å². The largest absolute Gasteiger partial charge is 0.462 e. The van der Waals surface area contributed by atoms with Crippen LogP contribution in [0.4, 0.5) is 5.69 Å². The second kappa shape index (κ2) is 11.1. The van der Waals surface area contributed by atoms with Crippen LogP contribution in [-0.2, 0) is 26.6 Å². The number of hydrogen-bond donors (Lipinski definition) is 0. The molecule has 208 valence electrons. The van der Waals surface area contributed by atoms with E-state index in [0.29, 0.717) is 43.9 Å². The van der Waals surface area contributed by atoms with Gasteiger partial charge in [0.25, 0.3) is 0 Å². The van der Waals surface area contributed by atoms with E-state index in [2.05, 4.69) is 36.9 Å². The number of ether oxygens (including phenoxy) is 1. The van der Waals surface area contributed by atoms with Gasteiger partial charge in [-0.1, -0.05) is 12.1 Å². The average molecular weight is 545 g/mol. The topological polar surface area (TPSA) is 92.2 Å². The fourth-order valence-electron chi connectivity index (χ4n) is 5.67. The van der Waals surface area contributed by atoms with Crippen molar-refractivity contribution in [2.24, 2.45) is 13.0 Å². The third-order valence-corrected chi connectivity index (χ3v) is 10.3. The molecule has 4 rings (SSSR count). The highest BCUT2D eigenvalue weighted by atomic mass is 32.2. The van der Waals surface area contributed by atoms with Crippen LogP contribution in [0.3, 0.4) is 0 Å². The van der Waals surface area contributed by atoms with Crippen LogP contribution >= 0.6 is 0 Å². The summed E-state index contributed by atoms with van der Waals surface area (Å²) in [5.41, 5.74) is 4.83. The van der Waals surface area contributed by atoms with E-state index in [9.17, 15) is 18.0 Å². The minimum Gasteiger partial charge on any atom is -0.462 e. The van der Waals surface area contributed by atoms with Crippen molar-refractivity contribution >= 4 is 27.6 Å². The summed E-state index contributed by atoms with van der Waals surface area (Å²) in [6.07, 6.45) is 1.25. The van der Waals surface area contributed by atoms with Crippen LogP contribution < -0.4 is 4.90 Å². The molecule has 2 aromatic rings. The maximum absolute atomic E-state index is 13.9. The summed E-state index contributed by atoms with van der Waals surface area (Å²) in [7, 11) is -2.26. The lowest BCUT2D eigenvalue weighted by Crippen LogP contribution is -2.53. The number of piperidine rings is 1. The Morgan fingerprint density at radius 3 is 2.34 bits per heavy atom. The number of esters is 1. The summed E-state index contributed by atoms with van der Waals surface area (Å²) in [4.78, 5) is 30.5. The Hall–Kier alpha value is -2.85. The van der Waals surface area contributed by atoms with Gasteiger partial charge in [-0.15, -0.1) is 0 Å². The number of piperazine rings is 1. The first-order valence-electron chi connectivity index (χ1n) is 13.4. The molecule has 0 aliphatic carbocycles. The van der Waals surface area contributed by atoms with E-state index in [1.54, 1.807) is 32.4 Å². The molecule has 2 fully saturated rings. The SMILES string of the molecule is CCOC(=O)c1c(S(=O)(=O)N2CCC[C@@H](C(=O)N3CCN(c4cccc(C)c4C)CC3)C2)c(C)n(C)c1C. The van der Waals surface area contributed by atoms with E-state index in [1.165, 1.54) is 21.1 Å². The van der Waals surface area contributed by atoms with E-state index in [0.717, 1.165) is 13.1 Å². The summed E-state index contributed by atoms with van der Waals surface area (Å²) in [6.45, 7) is 12.7. The first-order chi connectivity index (χ1) is 18.0. The number of aromatic nitrogens is 1. The highest BCUT2D eigenvalue weighted by Gasteiger charge is 2.40. The maximum atomic E-state index is 13.9. The fraction of sp³-hybridized carbons (Fsp3) is 0.571. The molecule has 0 spiro atoms. The number of carbonyl (C=O) groups excluding carboxylic acids is 2. The number of carbonyl (C=O) groups is 2. The Bertz CT molecular complexity index is 1330. The second-order valence-corrected chi connectivity index (χ2v) is 12.3. The maximum Gasteiger partial charge on any atom is 0.341 e. The molecular weight excluding hydrogens is 504 g/mol. The van der Waals surface area contributed by atoms with E-state index in [4.69, 9.17) is 4.74 Å². The van der Waals surface area contributed by atoms with E-state index >= 15 is 0 Å². The van der Waals surface area contributed by atoms with Crippen LogP contribution in [0.25, 0.3) is 0 Å². The lowest BCUT2D eigenvalue weighted by atomic mass is 9.97. The molecule has 1 atom stereocenters. The quantitative estimate of drug-likeness (QED) is 0.519. The van der Waals surface area contributed by atoms with Gasteiger partial charge in [0.15, 0.2) is 0 Å². The minimum atomic E-state index is -4.01. The van der Waals surface area contributed by atoms with Gasteiger partial charge in [-0.2, -0.15) is 4.31 Å². The summed E-state index contributed by atoms with van der Waals surface area (Å²) < 4.78 is 36.0. The van der Waals surface area contributed by atoms with Gasteiger partial charge >= 0.3 is 5.97 Å². The standard InChI is InChI=1S/C28H40N4O5S/c1-7-37-28(34)25-21(4)29(6)22(5)26(25)38(35,36)32-13-9-11-23(18-32)27(33)31-16-14-30(15-17-31)24-12-8-10-19(2)20(24)3/h8,10,12,23H,7,9,11,13-18H2,1-6H3/t23-/m1/s1. The van der Waals surface area contributed by atoms with Crippen molar-refractivity contribution in [2.75, 3.05) is 50.8 Å². The number of amides is 1. The Labute approximate surface area is 226 Å². The minimum absolute atomic E-state index is 0.00816. The lowest BCUT2D eigenvalue weighted by molar-refractivity contribution is -0.137. The zero-order valence-corrected chi connectivity index (χ0v) is 24.2. The summed E-state index contributed by atoms with van der Waals surface area (Å²) in [6, 6.07) is 6.30. The van der Waals surface area contributed by atoms with Gasteiger partial charge in [-0.25, -0.2) is 13.2 Å². The first-order valence-corrected chi connectivity index (χ1v) is 14.9. The Kier molecular flexibility index (Phi) is 8.23. The van der Waals surface area contributed by atoms with Crippen molar-refractivity contribution in [3.63, 3.8) is 0 Å². The Morgan fingerprint density at radius 2 is 1.68 bits per heavy atom. The van der Waals surface area contributed by atoms with Crippen LogP contribution in [-0.4, -0.2) is 79.9 Å². The number of nitrogens with zero attached hydrogens (tertiary/aromatic N) is 4. The van der Waals surface area contributed by atoms with Crippen LogP contribution in [0, 0.1) is 33.6 Å². The zero-order valence-electron chi connectivity index (χ0n) is 23.4. The molecule has 9 nitrogen and oxygen atoms in total. The molecule has 1 aromatic carbocycles. The molecule has 2 saturated heterocycles. The first kappa shape index (κ1) is 28.2. The summed E-state index contributed by atoms with van der Waals surface area (Å²) in [5.74, 6) is -1.03. The molecule has 0 radical (unpaired) electrons. The number of sulfonamides is 1. The van der Waals surface area contributed by atoms with Gasteiger partial charge in [-0.05, 0) is 64.7 Å². The van der Waals surface area contributed by atoms with E-state index < -0.39 is 21.9 Å². The van der Waals surface area contributed by atoms with Crippen LogP contribution in [0.15, 0.2) is 23.1 Å². The highest BCUT2D eigenvalue weighted by Crippen LogP contribution is 2.33. The smallest absolute Gasteiger partial charge is 0.341 e. The van der Waals surface area contributed by atoms with Crippen molar-refractivity contribution < 1.29 is 22.7 Å². The van der Waals surface area contributed by atoms with Crippen molar-refractivity contribution in [3.05, 3.63) is 46.3 Å². The van der Waals surface area contributed by atoms with Crippen LogP contribution in [0.2, 0.25) is 0 Å². The van der Waals surface area contributed by atoms with Gasteiger partial charge in [0.1, 0.15) is 10.5 Å². The van der Waals surface area contributed by atoms with Crippen LogP contribution in [0.5, 0.6) is 0 Å². The fourth-order valence-corrected chi connectivity index (χ4v) is 7.67. The molecule has 1 aromatic heterocycles. The monoisotopic (exact) mass is 544 g/mol. The second-order valence-electron chi connectivity index (χ2n) is 10.4. The molecule has 0 saturated carbocycles. The lowest BCUT2D eigenvalue weighted by Gasteiger charge is -2.40. The molecule has 38 heavy (non-hydrogen) atoms. The molecule has 2 aliphatic heterocycles. The highest BCUT2D eigenvalue weighted by molar-refractivity contribution is 7.89. The Morgan fingerprint density at radius 1 is 1.00 bits per heavy atom. The normalized spacial score (nSPS) is 19.1.